The molecule has 0 spiro atoms. The molecule has 0 aromatic heterocycles. The van der Waals surface area contributed by atoms with Gasteiger partial charge in [-0.2, -0.15) is 5.26 Å². The highest BCUT2D eigenvalue weighted by atomic mass is 19.1. The maximum atomic E-state index is 13.7. The summed E-state index contributed by atoms with van der Waals surface area (Å²) in [4.78, 5) is 16.3. The minimum Gasteiger partial charge on any atom is -0.367 e. The van der Waals surface area contributed by atoms with E-state index in [9.17, 15) is 9.18 Å². The summed E-state index contributed by atoms with van der Waals surface area (Å²) in [6, 6.07) is 6.66. The zero-order chi connectivity index (χ0) is 16.2. The molecule has 1 saturated carbocycles. The van der Waals surface area contributed by atoms with E-state index in [0.29, 0.717) is 44.2 Å². The van der Waals surface area contributed by atoms with Gasteiger partial charge in [-0.15, -0.1) is 0 Å². The summed E-state index contributed by atoms with van der Waals surface area (Å²) < 4.78 is 13.7. The molecule has 1 aromatic rings. The van der Waals surface area contributed by atoms with Crippen LogP contribution in [0.3, 0.4) is 0 Å². The predicted molar refractivity (Wildman–Crippen MR) is 86.5 cm³/mol. The molecule has 2 aliphatic rings. The first kappa shape index (κ1) is 15.8. The summed E-state index contributed by atoms with van der Waals surface area (Å²) in [5.41, 5.74) is 0.730. The van der Waals surface area contributed by atoms with Crippen LogP contribution < -0.4 is 4.90 Å². The lowest BCUT2D eigenvalue weighted by atomic mass is 10.0. The standard InChI is InChI=1S/C18H22FN3O/c19-16-6-3-7-17(15(16)13-20)21-8-10-22(11-9-21)18(23)12-14-4-1-2-5-14/h3,6-7,14H,1-2,4-5,8-12H2. The van der Waals surface area contributed by atoms with Gasteiger partial charge in [0, 0.05) is 32.6 Å². The van der Waals surface area contributed by atoms with Gasteiger partial charge >= 0.3 is 0 Å². The van der Waals surface area contributed by atoms with Crippen molar-refractivity contribution in [2.24, 2.45) is 5.92 Å². The number of nitrogens with zero attached hydrogens (tertiary/aromatic N) is 3. The van der Waals surface area contributed by atoms with E-state index in [1.807, 2.05) is 15.9 Å². The highest BCUT2D eigenvalue weighted by Crippen LogP contribution is 2.29. The fraction of sp³-hybridized carbons (Fsp3) is 0.556. The second-order valence-corrected chi connectivity index (χ2v) is 6.47. The monoisotopic (exact) mass is 315 g/mol. The summed E-state index contributed by atoms with van der Waals surface area (Å²) in [6.07, 6.45) is 5.54. The molecule has 3 rings (SSSR count). The minimum atomic E-state index is -0.482. The molecule has 5 heteroatoms. The van der Waals surface area contributed by atoms with Crippen molar-refractivity contribution in [3.63, 3.8) is 0 Å². The topological polar surface area (TPSA) is 47.3 Å². The first-order valence-electron chi connectivity index (χ1n) is 8.40. The van der Waals surface area contributed by atoms with Crippen LogP contribution in [0.1, 0.15) is 37.7 Å². The molecule has 0 N–H and O–H groups in total. The SMILES string of the molecule is N#Cc1c(F)cccc1N1CCN(C(=O)CC2CCCC2)CC1. The molecule has 0 radical (unpaired) electrons. The van der Waals surface area contributed by atoms with Crippen LogP contribution in [-0.2, 0) is 4.79 Å². The molecule has 0 unspecified atom stereocenters. The lowest BCUT2D eigenvalue weighted by Gasteiger charge is -2.37. The lowest BCUT2D eigenvalue weighted by molar-refractivity contribution is -0.132. The molecule has 1 saturated heterocycles. The van der Waals surface area contributed by atoms with E-state index < -0.39 is 5.82 Å². The molecule has 4 nitrogen and oxygen atoms in total. The zero-order valence-corrected chi connectivity index (χ0v) is 13.3. The van der Waals surface area contributed by atoms with Gasteiger partial charge in [0.15, 0.2) is 0 Å². The Bertz CT molecular complexity index is 611. The Morgan fingerprint density at radius 1 is 1.22 bits per heavy atom. The van der Waals surface area contributed by atoms with E-state index in [-0.39, 0.29) is 11.5 Å². The van der Waals surface area contributed by atoms with Crippen LogP contribution in [0, 0.1) is 23.1 Å². The van der Waals surface area contributed by atoms with Crippen LogP contribution in [0.5, 0.6) is 0 Å². The summed E-state index contributed by atoms with van der Waals surface area (Å²) in [6.45, 7) is 2.59. The lowest BCUT2D eigenvalue weighted by Crippen LogP contribution is -2.49. The van der Waals surface area contributed by atoms with Crippen molar-refractivity contribution in [2.45, 2.75) is 32.1 Å². The Morgan fingerprint density at radius 3 is 2.57 bits per heavy atom. The summed E-state index contributed by atoms with van der Waals surface area (Å²) in [7, 11) is 0. The molecular weight excluding hydrogens is 293 g/mol. The second kappa shape index (κ2) is 6.99. The number of benzene rings is 1. The van der Waals surface area contributed by atoms with E-state index in [2.05, 4.69) is 0 Å². The average Bonchev–Trinajstić information content (AvgIpc) is 3.07. The number of nitriles is 1. The number of hydrogen-bond acceptors (Lipinski definition) is 3. The van der Waals surface area contributed by atoms with E-state index in [0.717, 1.165) is 0 Å². The highest BCUT2D eigenvalue weighted by molar-refractivity contribution is 5.77. The van der Waals surface area contributed by atoms with Crippen LogP contribution in [0.15, 0.2) is 18.2 Å². The van der Waals surface area contributed by atoms with Gasteiger partial charge in [-0.1, -0.05) is 18.9 Å². The Balaban J connectivity index is 1.59. The third kappa shape index (κ3) is 3.47. The molecule has 1 aromatic carbocycles. The fourth-order valence-electron chi connectivity index (χ4n) is 3.67. The molecule has 1 amide bonds. The Morgan fingerprint density at radius 2 is 1.91 bits per heavy atom. The summed E-state index contributed by atoms with van der Waals surface area (Å²) >= 11 is 0. The molecule has 0 atom stereocenters. The van der Waals surface area contributed by atoms with Crippen LogP contribution in [0.4, 0.5) is 10.1 Å². The van der Waals surface area contributed by atoms with Gasteiger partial charge in [0.2, 0.25) is 5.91 Å². The molecule has 1 aliphatic carbocycles. The molecule has 1 aliphatic heterocycles. The third-order valence-electron chi connectivity index (χ3n) is 5.01. The number of halogens is 1. The van der Waals surface area contributed by atoms with Gasteiger partial charge in [0.05, 0.1) is 5.69 Å². The van der Waals surface area contributed by atoms with Gasteiger partial charge in [0.25, 0.3) is 0 Å². The molecule has 23 heavy (non-hydrogen) atoms. The van der Waals surface area contributed by atoms with E-state index in [4.69, 9.17) is 5.26 Å². The normalized spacial score (nSPS) is 19.0. The number of hydrogen-bond donors (Lipinski definition) is 0. The van der Waals surface area contributed by atoms with Crippen molar-refractivity contribution < 1.29 is 9.18 Å². The number of carbonyl (C=O) groups excluding carboxylic acids is 1. The van der Waals surface area contributed by atoms with Crippen LogP contribution in [0.2, 0.25) is 0 Å². The quantitative estimate of drug-likeness (QED) is 0.861. The molecule has 0 bridgehead atoms. The van der Waals surface area contributed by atoms with Crippen LogP contribution in [0.25, 0.3) is 0 Å². The fourth-order valence-corrected chi connectivity index (χ4v) is 3.67. The Kier molecular flexibility index (Phi) is 4.80. The van der Waals surface area contributed by atoms with E-state index in [1.54, 1.807) is 12.1 Å². The molecule has 2 fully saturated rings. The zero-order valence-electron chi connectivity index (χ0n) is 13.3. The second-order valence-electron chi connectivity index (χ2n) is 6.47. The van der Waals surface area contributed by atoms with E-state index in [1.165, 1.54) is 31.7 Å². The first-order valence-corrected chi connectivity index (χ1v) is 8.40. The number of rotatable bonds is 3. The number of carbonyl (C=O) groups is 1. The van der Waals surface area contributed by atoms with Gasteiger partial charge in [-0.3, -0.25) is 4.79 Å². The van der Waals surface area contributed by atoms with Gasteiger partial charge < -0.3 is 9.80 Å². The van der Waals surface area contributed by atoms with Crippen molar-refractivity contribution >= 4 is 11.6 Å². The average molecular weight is 315 g/mol. The maximum Gasteiger partial charge on any atom is 0.222 e. The van der Waals surface area contributed by atoms with Crippen LogP contribution in [-0.4, -0.2) is 37.0 Å². The first-order chi connectivity index (χ1) is 11.2. The Hall–Kier alpha value is -2.09. The third-order valence-corrected chi connectivity index (χ3v) is 5.01. The summed E-state index contributed by atoms with van der Waals surface area (Å²) in [5.74, 6) is 0.329. The van der Waals surface area contributed by atoms with Crippen molar-refractivity contribution in [1.29, 1.82) is 5.26 Å². The van der Waals surface area contributed by atoms with Crippen molar-refractivity contribution in [1.82, 2.24) is 4.90 Å². The maximum absolute atomic E-state index is 13.7. The van der Waals surface area contributed by atoms with Crippen molar-refractivity contribution in [3.8, 4) is 6.07 Å². The number of amides is 1. The van der Waals surface area contributed by atoms with Gasteiger partial charge in [-0.05, 0) is 30.9 Å². The smallest absolute Gasteiger partial charge is 0.222 e. The van der Waals surface area contributed by atoms with Crippen molar-refractivity contribution in [2.75, 3.05) is 31.1 Å². The van der Waals surface area contributed by atoms with Crippen molar-refractivity contribution in [3.05, 3.63) is 29.6 Å². The van der Waals surface area contributed by atoms with Crippen LogP contribution >= 0.6 is 0 Å². The van der Waals surface area contributed by atoms with Gasteiger partial charge in [0.1, 0.15) is 17.4 Å². The minimum absolute atomic E-state index is 0.0956. The Labute approximate surface area is 136 Å². The highest BCUT2D eigenvalue weighted by Gasteiger charge is 2.26. The van der Waals surface area contributed by atoms with E-state index >= 15 is 0 Å². The molecule has 1 heterocycles. The predicted octanol–water partition coefficient (Wildman–Crippen LogP) is 2.93. The van der Waals surface area contributed by atoms with Gasteiger partial charge in [-0.25, -0.2) is 4.39 Å². The number of anilines is 1. The summed E-state index contributed by atoms with van der Waals surface area (Å²) in [5, 5.41) is 9.15. The molecular formula is C18H22FN3O. The largest absolute Gasteiger partial charge is 0.367 e. The number of piperazine rings is 1. The molecule has 122 valence electrons.